The topological polar surface area (TPSA) is 131 Å². The molecule has 24 heavy (non-hydrogen) atoms. The highest BCUT2D eigenvalue weighted by Gasteiger charge is 2.13. The normalized spacial score (nSPS) is 9.42. The molecule has 0 spiro atoms. The summed E-state index contributed by atoms with van der Waals surface area (Å²) in [6, 6.07) is 4.15. The van der Waals surface area contributed by atoms with Crippen LogP contribution in [0.3, 0.4) is 0 Å². The Morgan fingerprint density at radius 3 is 2.46 bits per heavy atom. The molecule has 0 aliphatic rings. The number of carbonyl (C=O) groups excluding carboxylic acids is 1. The molecule has 3 N–H and O–H groups in total. The molecule has 0 saturated carbocycles. The van der Waals surface area contributed by atoms with Gasteiger partial charge in [-0.25, -0.2) is 9.78 Å². The fourth-order valence-electron chi connectivity index (χ4n) is 1.80. The number of rotatable bonds is 5. The van der Waals surface area contributed by atoms with E-state index in [0.717, 1.165) is 0 Å². The first-order chi connectivity index (χ1) is 11.4. The van der Waals surface area contributed by atoms with Gasteiger partial charge < -0.3 is 24.8 Å². The van der Waals surface area contributed by atoms with E-state index in [-0.39, 0.29) is 30.1 Å². The highest BCUT2D eigenvalue weighted by atomic mass is 16.5. The first-order valence-corrected chi connectivity index (χ1v) is 6.67. The highest BCUT2D eigenvalue weighted by molar-refractivity contribution is 5.98. The summed E-state index contributed by atoms with van der Waals surface area (Å²) in [7, 11) is 3.24. The van der Waals surface area contributed by atoms with E-state index in [9.17, 15) is 9.59 Å². The van der Waals surface area contributed by atoms with Crippen LogP contribution in [0, 0.1) is 0 Å². The summed E-state index contributed by atoms with van der Waals surface area (Å²) in [5, 5.41) is 18.6. The summed E-state index contributed by atoms with van der Waals surface area (Å²) in [4.78, 5) is 35.6. The van der Waals surface area contributed by atoms with E-state index in [1.165, 1.54) is 25.3 Å². The van der Waals surface area contributed by atoms with E-state index in [2.05, 4.69) is 10.3 Å². The van der Waals surface area contributed by atoms with Crippen molar-refractivity contribution in [2.45, 2.75) is 6.54 Å². The van der Waals surface area contributed by atoms with Gasteiger partial charge in [-0.2, -0.15) is 0 Å². The van der Waals surface area contributed by atoms with Crippen molar-refractivity contribution in [1.82, 2.24) is 14.9 Å². The zero-order valence-electron chi connectivity index (χ0n) is 13.1. The third-order valence-corrected chi connectivity index (χ3v) is 2.98. The van der Waals surface area contributed by atoms with E-state index in [4.69, 9.17) is 19.7 Å². The number of hydrogen-bond donors (Lipinski definition) is 3. The molecule has 1 aromatic carbocycles. The van der Waals surface area contributed by atoms with Gasteiger partial charge in [0.2, 0.25) is 0 Å². The van der Waals surface area contributed by atoms with Crippen LogP contribution < -0.4 is 10.1 Å². The number of carboxylic acids is 1. The first-order valence-electron chi connectivity index (χ1n) is 6.67. The van der Waals surface area contributed by atoms with Crippen LogP contribution in [0.5, 0.6) is 5.75 Å². The number of carboxylic acid groups (broad SMARTS) is 2. The van der Waals surface area contributed by atoms with Gasteiger partial charge in [0.05, 0.1) is 19.2 Å². The summed E-state index contributed by atoms with van der Waals surface area (Å²) in [6.07, 6.45) is 3.41. The highest BCUT2D eigenvalue weighted by Crippen LogP contribution is 2.17. The Labute approximate surface area is 137 Å². The number of methoxy groups -OCH3 is 1. The van der Waals surface area contributed by atoms with Crippen molar-refractivity contribution in [1.29, 1.82) is 0 Å². The van der Waals surface area contributed by atoms with Gasteiger partial charge in [-0.1, -0.05) is 0 Å². The van der Waals surface area contributed by atoms with Gasteiger partial charge in [0, 0.05) is 25.0 Å². The Morgan fingerprint density at radius 2 is 1.96 bits per heavy atom. The molecule has 9 nitrogen and oxygen atoms in total. The number of amides is 1. The van der Waals surface area contributed by atoms with Crippen LogP contribution in [0.25, 0.3) is 0 Å². The fraction of sp³-hybridized carbons (Fsp3) is 0.200. The van der Waals surface area contributed by atoms with Crippen molar-refractivity contribution >= 4 is 18.3 Å². The second kappa shape index (κ2) is 8.93. The largest absolute Gasteiger partial charge is 0.497 e. The Morgan fingerprint density at radius 1 is 1.33 bits per heavy atom. The minimum Gasteiger partial charge on any atom is -0.497 e. The Balaban J connectivity index is 0.000000891. The zero-order chi connectivity index (χ0) is 18.1. The van der Waals surface area contributed by atoms with Crippen molar-refractivity contribution in [3.8, 4) is 5.75 Å². The van der Waals surface area contributed by atoms with Crippen molar-refractivity contribution in [3.63, 3.8) is 0 Å². The summed E-state index contributed by atoms with van der Waals surface area (Å²) in [6.45, 7) is 0.00193. The molecule has 0 saturated heterocycles. The number of nitrogens with one attached hydrogen (secondary N) is 1. The number of ether oxygens (including phenoxy) is 1. The van der Waals surface area contributed by atoms with Crippen molar-refractivity contribution in [2.24, 2.45) is 7.05 Å². The predicted molar refractivity (Wildman–Crippen MR) is 83.0 cm³/mol. The molecule has 128 valence electrons. The van der Waals surface area contributed by atoms with Crippen molar-refractivity contribution in [2.75, 3.05) is 7.11 Å². The smallest absolute Gasteiger partial charge is 0.335 e. The number of imidazole rings is 1. The number of nitrogens with zero attached hydrogens (tertiary/aromatic N) is 2. The number of aromatic carboxylic acids is 1. The lowest BCUT2D eigenvalue weighted by Crippen LogP contribution is -2.24. The maximum Gasteiger partial charge on any atom is 0.335 e. The van der Waals surface area contributed by atoms with Crippen LogP contribution in [0.1, 0.15) is 26.5 Å². The van der Waals surface area contributed by atoms with Crippen LogP contribution in [0.4, 0.5) is 0 Å². The summed E-state index contributed by atoms with van der Waals surface area (Å²) in [5.74, 6) is -0.492. The van der Waals surface area contributed by atoms with Gasteiger partial charge >= 0.3 is 5.97 Å². The van der Waals surface area contributed by atoms with Gasteiger partial charge in [-0.15, -0.1) is 0 Å². The fourth-order valence-corrected chi connectivity index (χ4v) is 1.80. The van der Waals surface area contributed by atoms with E-state index in [0.29, 0.717) is 11.6 Å². The minimum atomic E-state index is -1.12. The second-order valence-electron chi connectivity index (χ2n) is 4.50. The Kier molecular flexibility index (Phi) is 6.96. The summed E-state index contributed by atoms with van der Waals surface area (Å²) >= 11 is 0. The molecule has 1 aromatic heterocycles. The molecule has 0 bridgehead atoms. The third kappa shape index (κ3) is 5.13. The van der Waals surface area contributed by atoms with Crippen molar-refractivity contribution in [3.05, 3.63) is 47.5 Å². The zero-order valence-corrected chi connectivity index (χ0v) is 13.1. The molecule has 0 radical (unpaired) electrons. The monoisotopic (exact) mass is 335 g/mol. The van der Waals surface area contributed by atoms with Crippen molar-refractivity contribution < 1.29 is 29.3 Å². The molecule has 0 aliphatic carbocycles. The van der Waals surface area contributed by atoms with Crippen LogP contribution >= 0.6 is 0 Å². The molecule has 1 heterocycles. The SMILES string of the molecule is COc1cc(C(=O)O)cc(C(=O)NCc2nccn2C)c1.O=CO. The average molecular weight is 335 g/mol. The molecular formula is C15H17N3O6. The maximum atomic E-state index is 12.1. The number of aryl methyl sites for hydroxylation is 1. The number of hydrogen-bond acceptors (Lipinski definition) is 5. The van der Waals surface area contributed by atoms with Gasteiger partial charge in [-0.3, -0.25) is 9.59 Å². The molecule has 0 unspecified atom stereocenters. The molecule has 9 heteroatoms. The number of benzene rings is 1. The van der Waals surface area contributed by atoms with Gasteiger partial charge in [-0.05, 0) is 18.2 Å². The standard InChI is InChI=1S/C14H15N3O4.CH2O2/c1-17-4-3-15-12(17)8-16-13(18)9-5-10(14(19)20)7-11(6-9)21-2;2-1-3/h3-7H,8H2,1-2H3,(H,16,18)(H,19,20);1H,(H,2,3). The van der Waals surface area contributed by atoms with Gasteiger partial charge in [0.25, 0.3) is 12.4 Å². The number of aromatic nitrogens is 2. The third-order valence-electron chi connectivity index (χ3n) is 2.98. The predicted octanol–water partition coefficient (Wildman–Crippen LogP) is 0.758. The van der Waals surface area contributed by atoms with Crippen LogP contribution in [-0.4, -0.2) is 45.2 Å². The summed E-state index contributed by atoms with van der Waals surface area (Å²) in [5.41, 5.74) is 0.220. The molecule has 2 rings (SSSR count). The van der Waals surface area contributed by atoms with E-state index < -0.39 is 5.97 Å². The van der Waals surface area contributed by atoms with Gasteiger partial charge in [0.1, 0.15) is 11.6 Å². The van der Waals surface area contributed by atoms with E-state index in [1.54, 1.807) is 17.0 Å². The Hall–Kier alpha value is -3.36. The lowest BCUT2D eigenvalue weighted by Gasteiger charge is -2.08. The minimum absolute atomic E-state index is 0.00325. The molecule has 1 amide bonds. The first kappa shape index (κ1) is 18.7. The molecule has 0 aliphatic heterocycles. The molecule has 0 fully saturated rings. The van der Waals surface area contributed by atoms with Gasteiger partial charge in [0.15, 0.2) is 0 Å². The lowest BCUT2D eigenvalue weighted by atomic mass is 10.1. The number of carbonyl (C=O) groups is 3. The quantitative estimate of drug-likeness (QED) is 0.687. The maximum absolute atomic E-state index is 12.1. The summed E-state index contributed by atoms with van der Waals surface area (Å²) < 4.78 is 6.79. The Bertz CT molecular complexity index is 726. The van der Waals surface area contributed by atoms with Crippen LogP contribution in [-0.2, 0) is 18.4 Å². The molecular weight excluding hydrogens is 318 g/mol. The molecule has 0 atom stereocenters. The van der Waals surface area contributed by atoms with Crippen LogP contribution in [0.2, 0.25) is 0 Å². The van der Waals surface area contributed by atoms with Crippen LogP contribution in [0.15, 0.2) is 30.6 Å². The second-order valence-corrected chi connectivity index (χ2v) is 4.50. The van der Waals surface area contributed by atoms with E-state index in [1.807, 2.05) is 7.05 Å². The molecule has 2 aromatic rings. The lowest BCUT2D eigenvalue weighted by molar-refractivity contribution is -0.122. The van der Waals surface area contributed by atoms with E-state index >= 15 is 0 Å². The average Bonchev–Trinajstić information content (AvgIpc) is 2.97.